The van der Waals surface area contributed by atoms with Crippen LogP contribution in [0.1, 0.15) is 35.9 Å². The fourth-order valence-electron chi connectivity index (χ4n) is 2.79. The van der Waals surface area contributed by atoms with Crippen LogP contribution in [0.5, 0.6) is 0 Å². The molecule has 1 atom stereocenters. The minimum Gasteiger partial charge on any atom is -0.480 e. The lowest BCUT2D eigenvalue weighted by molar-refractivity contribution is -0.145. The van der Waals surface area contributed by atoms with E-state index < -0.39 is 5.97 Å². The third kappa shape index (κ3) is 4.07. The van der Waals surface area contributed by atoms with Gasteiger partial charge in [0.15, 0.2) is 0 Å². The molecule has 0 spiro atoms. The number of amides is 2. The average molecular weight is 324 g/mol. The van der Waals surface area contributed by atoms with Crippen LogP contribution in [-0.4, -0.2) is 58.4 Å². The van der Waals surface area contributed by atoms with Crippen LogP contribution in [0.15, 0.2) is 17.5 Å². The van der Waals surface area contributed by atoms with E-state index in [1.54, 1.807) is 4.90 Å². The highest BCUT2D eigenvalue weighted by atomic mass is 32.1. The first-order valence-electron chi connectivity index (χ1n) is 7.31. The summed E-state index contributed by atoms with van der Waals surface area (Å²) in [6.07, 6.45) is 2.11. The summed E-state index contributed by atoms with van der Waals surface area (Å²) < 4.78 is 0. The molecule has 2 heterocycles. The first kappa shape index (κ1) is 16.5. The van der Waals surface area contributed by atoms with Gasteiger partial charge in [0.05, 0.1) is 4.88 Å². The van der Waals surface area contributed by atoms with E-state index >= 15 is 0 Å². The molecule has 6 nitrogen and oxygen atoms in total. The highest BCUT2D eigenvalue weighted by Gasteiger charge is 2.28. The topological polar surface area (TPSA) is 77.9 Å². The Hall–Kier alpha value is -1.89. The fourth-order valence-corrected chi connectivity index (χ4v) is 3.48. The van der Waals surface area contributed by atoms with Gasteiger partial charge >= 0.3 is 5.97 Å². The Morgan fingerprint density at radius 1 is 1.36 bits per heavy atom. The second-order valence-electron chi connectivity index (χ2n) is 5.39. The van der Waals surface area contributed by atoms with E-state index in [1.807, 2.05) is 17.5 Å². The molecule has 1 fully saturated rings. The molecule has 0 radical (unpaired) electrons. The van der Waals surface area contributed by atoms with E-state index in [9.17, 15) is 14.4 Å². The number of carbonyl (C=O) groups is 3. The first-order valence-corrected chi connectivity index (χ1v) is 8.18. The number of likely N-dealkylation sites (tertiary alicyclic amines) is 1. The Morgan fingerprint density at radius 2 is 2.14 bits per heavy atom. The number of carboxylic acid groups (broad SMARTS) is 1. The van der Waals surface area contributed by atoms with E-state index in [4.69, 9.17) is 5.11 Å². The van der Waals surface area contributed by atoms with Gasteiger partial charge in [-0.05, 0) is 30.7 Å². The van der Waals surface area contributed by atoms with Crippen LogP contribution >= 0.6 is 11.3 Å². The molecule has 2 amide bonds. The Labute approximate surface area is 133 Å². The lowest BCUT2D eigenvalue weighted by atomic mass is 10.1. The van der Waals surface area contributed by atoms with E-state index in [0.717, 1.165) is 12.8 Å². The van der Waals surface area contributed by atoms with E-state index in [0.29, 0.717) is 24.4 Å². The predicted molar refractivity (Wildman–Crippen MR) is 82.9 cm³/mol. The Kier molecular flexibility index (Phi) is 5.54. The third-order valence-corrected chi connectivity index (χ3v) is 4.73. The fraction of sp³-hybridized carbons (Fsp3) is 0.533. The zero-order valence-electron chi connectivity index (χ0n) is 12.5. The molecule has 1 aromatic heterocycles. The third-order valence-electron chi connectivity index (χ3n) is 3.87. The monoisotopic (exact) mass is 324 g/mol. The number of carboxylic acids is 1. The maximum Gasteiger partial charge on any atom is 0.323 e. The second kappa shape index (κ2) is 7.40. The Morgan fingerprint density at radius 3 is 2.73 bits per heavy atom. The number of aliphatic carboxylic acids is 1. The van der Waals surface area contributed by atoms with Gasteiger partial charge in [-0.15, -0.1) is 11.3 Å². The van der Waals surface area contributed by atoms with Crippen molar-refractivity contribution >= 4 is 29.1 Å². The van der Waals surface area contributed by atoms with Crippen molar-refractivity contribution < 1.29 is 19.5 Å². The Bertz CT molecular complexity index is 544. The van der Waals surface area contributed by atoms with Crippen molar-refractivity contribution in [3.8, 4) is 0 Å². The molecule has 1 unspecified atom stereocenters. The van der Waals surface area contributed by atoms with Crippen LogP contribution in [-0.2, 0) is 9.59 Å². The van der Waals surface area contributed by atoms with Gasteiger partial charge in [-0.2, -0.15) is 0 Å². The largest absolute Gasteiger partial charge is 0.480 e. The summed E-state index contributed by atoms with van der Waals surface area (Å²) in [6, 6.07) is 3.54. The van der Waals surface area contributed by atoms with Gasteiger partial charge in [0.25, 0.3) is 5.91 Å². The molecule has 22 heavy (non-hydrogen) atoms. The summed E-state index contributed by atoms with van der Waals surface area (Å²) >= 11 is 1.42. The average Bonchev–Trinajstić information content (AvgIpc) is 2.89. The maximum atomic E-state index is 12.4. The van der Waals surface area contributed by atoms with Crippen molar-refractivity contribution in [2.24, 2.45) is 0 Å². The summed E-state index contributed by atoms with van der Waals surface area (Å²) in [5.74, 6) is -1.22. The number of rotatable bonds is 4. The van der Waals surface area contributed by atoms with Gasteiger partial charge in [-0.25, -0.2) is 0 Å². The van der Waals surface area contributed by atoms with E-state index in [1.165, 1.54) is 23.2 Å². The van der Waals surface area contributed by atoms with Gasteiger partial charge in [-0.1, -0.05) is 6.07 Å². The molecule has 0 aromatic carbocycles. The predicted octanol–water partition coefficient (Wildman–Crippen LogP) is 1.68. The molecule has 1 saturated heterocycles. The zero-order chi connectivity index (χ0) is 16.1. The molecule has 1 aliphatic rings. The van der Waals surface area contributed by atoms with Crippen molar-refractivity contribution in [2.45, 2.75) is 32.2 Å². The summed E-state index contributed by atoms with van der Waals surface area (Å²) in [5.41, 5.74) is 0. The maximum absolute atomic E-state index is 12.4. The molecule has 0 aliphatic carbocycles. The van der Waals surface area contributed by atoms with Gasteiger partial charge in [0.1, 0.15) is 6.54 Å². The van der Waals surface area contributed by atoms with Crippen LogP contribution < -0.4 is 0 Å². The van der Waals surface area contributed by atoms with Crippen molar-refractivity contribution in [1.29, 1.82) is 0 Å². The van der Waals surface area contributed by atoms with Crippen LogP contribution in [0.25, 0.3) is 0 Å². The van der Waals surface area contributed by atoms with E-state index in [2.05, 4.69) is 0 Å². The van der Waals surface area contributed by atoms with Gasteiger partial charge in [0.2, 0.25) is 5.91 Å². The number of hydrogen-bond acceptors (Lipinski definition) is 4. The lowest BCUT2D eigenvalue weighted by Crippen LogP contribution is -2.43. The minimum atomic E-state index is -1.01. The minimum absolute atomic E-state index is 0.0169. The molecule has 2 rings (SSSR count). The molecule has 1 aromatic rings. The highest BCUT2D eigenvalue weighted by Crippen LogP contribution is 2.20. The summed E-state index contributed by atoms with van der Waals surface area (Å²) in [5, 5.41) is 10.8. The molecular weight excluding hydrogens is 304 g/mol. The van der Waals surface area contributed by atoms with Crippen molar-refractivity contribution in [2.75, 3.05) is 19.6 Å². The van der Waals surface area contributed by atoms with Crippen LogP contribution in [0.3, 0.4) is 0 Å². The summed E-state index contributed by atoms with van der Waals surface area (Å²) in [4.78, 5) is 38.9. The van der Waals surface area contributed by atoms with Gasteiger partial charge in [0, 0.05) is 26.1 Å². The van der Waals surface area contributed by atoms with Crippen LogP contribution in [0.4, 0.5) is 0 Å². The summed E-state index contributed by atoms with van der Waals surface area (Å²) in [6.45, 7) is 2.30. The smallest absolute Gasteiger partial charge is 0.323 e. The van der Waals surface area contributed by atoms with Gasteiger partial charge < -0.3 is 14.9 Å². The first-order chi connectivity index (χ1) is 10.5. The standard InChI is InChI=1S/C15H20N2O4S/c1-11(18)17(10-14(19)20)12-4-2-7-16(8-6-12)15(21)13-5-3-9-22-13/h3,5,9,12H,2,4,6-8,10H2,1H3,(H,19,20). The van der Waals surface area contributed by atoms with Crippen molar-refractivity contribution in [1.82, 2.24) is 9.80 Å². The molecule has 7 heteroatoms. The van der Waals surface area contributed by atoms with Crippen LogP contribution in [0, 0.1) is 0 Å². The molecule has 120 valence electrons. The van der Waals surface area contributed by atoms with Crippen LogP contribution in [0.2, 0.25) is 0 Å². The zero-order valence-corrected chi connectivity index (χ0v) is 13.3. The number of nitrogens with zero attached hydrogens (tertiary/aromatic N) is 2. The van der Waals surface area contributed by atoms with Gasteiger partial charge in [-0.3, -0.25) is 14.4 Å². The van der Waals surface area contributed by atoms with E-state index in [-0.39, 0.29) is 24.4 Å². The second-order valence-corrected chi connectivity index (χ2v) is 6.34. The number of hydrogen-bond donors (Lipinski definition) is 1. The normalized spacial score (nSPS) is 18.6. The molecular formula is C15H20N2O4S. The molecule has 0 saturated carbocycles. The highest BCUT2D eigenvalue weighted by molar-refractivity contribution is 7.12. The SMILES string of the molecule is CC(=O)N(CC(=O)O)C1CCCN(C(=O)c2cccs2)CC1. The number of thiophene rings is 1. The lowest BCUT2D eigenvalue weighted by Gasteiger charge is -2.28. The van der Waals surface area contributed by atoms with Crippen molar-refractivity contribution in [3.63, 3.8) is 0 Å². The molecule has 1 N–H and O–H groups in total. The summed E-state index contributed by atoms with van der Waals surface area (Å²) in [7, 11) is 0. The molecule has 1 aliphatic heterocycles. The quantitative estimate of drug-likeness (QED) is 0.914. The number of carbonyl (C=O) groups excluding carboxylic acids is 2. The molecule has 0 bridgehead atoms. The Balaban J connectivity index is 2.01. The van der Waals surface area contributed by atoms with Crippen molar-refractivity contribution in [3.05, 3.63) is 22.4 Å².